The number of hydrogen-bond acceptors (Lipinski definition) is 4. The summed E-state index contributed by atoms with van der Waals surface area (Å²) in [6.45, 7) is 6.84. The summed E-state index contributed by atoms with van der Waals surface area (Å²) in [5, 5.41) is 9.54. The molecule has 0 radical (unpaired) electrons. The van der Waals surface area contributed by atoms with Gasteiger partial charge in [-0.25, -0.2) is 0 Å². The molecule has 0 aromatic heterocycles. The number of rotatable bonds is 3. The summed E-state index contributed by atoms with van der Waals surface area (Å²) in [6.07, 6.45) is 1.59. The number of nitrogens with zero attached hydrogens (tertiary/aromatic N) is 2. The van der Waals surface area contributed by atoms with Crippen molar-refractivity contribution in [2.24, 2.45) is 5.41 Å². The number of ether oxygens (including phenoxy) is 1. The van der Waals surface area contributed by atoms with E-state index in [9.17, 15) is 9.90 Å². The molecule has 2 aliphatic heterocycles. The lowest BCUT2D eigenvalue weighted by Gasteiger charge is -2.43. The fourth-order valence-corrected chi connectivity index (χ4v) is 3.01. The van der Waals surface area contributed by atoms with E-state index in [0.717, 1.165) is 32.5 Å². The van der Waals surface area contributed by atoms with Gasteiger partial charge in [-0.05, 0) is 26.8 Å². The van der Waals surface area contributed by atoms with Crippen molar-refractivity contribution < 1.29 is 14.6 Å². The molecule has 0 spiro atoms. The van der Waals surface area contributed by atoms with Gasteiger partial charge in [0, 0.05) is 38.8 Å². The normalized spacial score (nSPS) is 35.6. The summed E-state index contributed by atoms with van der Waals surface area (Å²) in [5.74, 6) is -0.701. The van der Waals surface area contributed by atoms with Crippen molar-refractivity contribution in [1.82, 2.24) is 9.80 Å². The molecule has 0 aliphatic carbocycles. The second kappa shape index (κ2) is 5.55. The van der Waals surface area contributed by atoms with Crippen molar-refractivity contribution in [2.75, 3.05) is 46.4 Å². The monoisotopic (exact) mass is 256 g/mol. The van der Waals surface area contributed by atoms with E-state index in [4.69, 9.17) is 4.74 Å². The topological polar surface area (TPSA) is 53.0 Å². The van der Waals surface area contributed by atoms with Gasteiger partial charge in [0.15, 0.2) is 0 Å². The van der Waals surface area contributed by atoms with Crippen LogP contribution in [-0.4, -0.2) is 73.4 Å². The van der Waals surface area contributed by atoms with Gasteiger partial charge in [0.2, 0.25) is 0 Å². The van der Waals surface area contributed by atoms with E-state index in [1.54, 1.807) is 0 Å². The van der Waals surface area contributed by atoms with Crippen LogP contribution in [-0.2, 0) is 9.53 Å². The lowest BCUT2D eigenvalue weighted by molar-refractivity contribution is -0.160. The van der Waals surface area contributed by atoms with Crippen LogP contribution >= 0.6 is 0 Å². The van der Waals surface area contributed by atoms with Gasteiger partial charge in [-0.3, -0.25) is 9.69 Å². The largest absolute Gasteiger partial charge is 0.481 e. The summed E-state index contributed by atoms with van der Waals surface area (Å²) in [6, 6.07) is 0.418. The highest BCUT2D eigenvalue weighted by Gasteiger charge is 2.43. The van der Waals surface area contributed by atoms with Gasteiger partial charge >= 0.3 is 5.97 Å². The molecule has 0 bridgehead atoms. The average molecular weight is 256 g/mol. The molecule has 2 fully saturated rings. The Morgan fingerprint density at radius 3 is 2.83 bits per heavy atom. The summed E-state index contributed by atoms with van der Waals surface area (Å²) in [5.41, 5.74) is -0.692. The third-order valence-corrected chi connectivity index (χ3v) is 4.25. The number of carboxylic acids is 1. The van der Waals surface area contributed by atoms with Crippen LogP contribution < -0.4 is 0 Å². The second-order valence-corrected chi connectivity index (χ2v) is 5.82. The third kappa shape index (κ3) is 2.84. The molecule has 104 valence electrons. The molecule has 18 heavy (non-hydrogen) atoms. The third-order valence-electron chi connectivity index (χ3n) is 4.25. The molecule has 2 atom stereocenters. The zero-order valence-electron chi connectivity index (χ0n) is 11.4. The maximum atomic E-state index is 11.6. The molecule has 0 aromatic rings. The molecule has 0 saturated carbocycles. The first-order chi connectivity index (χ1) is 8.53. The lowest BCUT2D eigenvalue weighted by atomic mass is 9.81. The Labute approximate surface area is 109 Å². The minimum absolute atomic E-state index is 0.362. The van der Waals surface area contributed by atoms with Gasteiger partial charge in [0.25, 0.3) is 0 Å². The first kappa shape index (κ1) is 13.8. The Balaban J connectivity index is 2.02. The van der Waals surface area contributed by atoms with Crippen molar-refractivity contribution in [1.29, 1.82) is 0 Å². The highest BCUT2D eigenvalue weighted by Crippen LogP contribution is 2.31. The first-order valence-electron chi connectivity index (χ1n) is 6.77. The van der Waals surface area contributed by atoms with Crippen LogP contribution in [0.25, 0.3) is 0 Å². The number of piperazine rings is 1. The van der Waals surface area contributed by atoms with Crippen molar-refractivity contribution in [3.63, 3.8) is 0 Å². The quantitative estimate of drug-likeness (QED) is 0.797. The van der Waals surface area contributed by atoms with E-state index in [0.29, 0.717) is 25.8 Å². The van der Waals surface area contributed by atoms with Crippen LogP contribution in [0.3, 0.4) is 0 Å². The number of aliphatic carboxylic acids is 1. The number of likely N-dealkylation sites (N-methyl/N-ethyl adjacent to an activating group) is 1. The van der Waals surface area contributed by atoms with Gasteiger partial charge in [0.1, 0.15) is 5.41 Å². The number of carbonyl (C=O) groups is 1. The van der Waals surface area contributed by atoms with Crippen LogP contribution in [0.1, 0.15) is 19.8 Å². The molecule has 2 heterocycles. The Hall–Kier alpha value is -0.650. The van der Waals surface area contributed by atoms with Crippen LogP contribution in [0, 0.1) is 5.41 Å². The SMILES string of the molecule is CC1CN(C)CCN1CC1(C(=O)O)CCCOC1. The Kier molecular flexibility index (Phi) is 4.25. The van der Waals surface area contributed by atoms with Crippen molar-refractivity contribution in [3.05, 3.63) is 0 Å². The lowest BCUT2D eigenvalue weighted by Crippen LogP contribution is -2.56. The second-order valence-electron chi connectivity index (χ2n) is 5.82. The first-order valence-corrected chi connectivity index (χ1v) is 6.77. The molecule has 2 saturated heterocycles. The Morgan fingerprint density at radius 1 is 1.50 bits per heavy atom. The van der Waals surface area contributed by atoms with Gasteiger partial charge in [-0.15, -0.1) is 0 Å². The van der Waals surface area contributed by atoms with Crippen LogP contribution in [0.15, 0.2) is 0 Å². The molecular formula is C13H24N2O3. The predicted octanol–water partition coefficient (Wildman–Crippen LogP) is 0.504. The average Bonchev–Trinajstić information content (AvgIpc) is 2.34. The summed E-state index contributed by atoms with van der Waals surface area (Å²) in [4.78, 5) is 16.2. The Morgan fingerprint density at radius 2 is 2.28 bits per heavy atom. The summed E-state index contributed by atoms with van der Waals surface area (Å²) < 4.78 is 5.43. The summed E-state index contributed by atoms with van der Waals surface area (Å²) in [7, 11) is 2.12. The van der Waals surface area contributed by atoms with Gasteiger partial charge in [-0.1, -0.05) is 0 Å². The highest BCUT2D eigenvalue weighted by molar-refractivity contribution is 5.75. The van der Waals surface area contributed by atoms with Gasteiger partial charge < -0.3 is 14.7 Å². The van der Waals surface area contributed by atoms with E-state index in [1.165, 1.54) is 0 Å². The molecular weight excluding hydrogens is 232 g/mol. The highest BCUT2D eigenvalue weighted by atomic mass is 16.5. The molecule has 2 aliphatic rings. The van der Waals surface area contributed by atoms with Crippen LogP contribution in [0.5, 0.6) is 0 Å². The maximum Gasteiger partial charge on any atom is 0.313 e. The number of carboxylic acid groups (broad SMARTS) is 1. The van der Waals surface area contributed by atoms with Crippen LogP contribution in [0.2, 0.25) is 0 Å². The van der Waals surface area contributed by atoms with Gasteiger partial charge in [-0.2, -0.15) is 0 Å². The van der Waals surface area contributed by atoms with Crippen molar-refractivity contribution in [2.45, 2.75) is 25.8 Å². The molecule has 5 nitrogen and oxygen atoms in total. The molecule has 2 unspecified atom stereocenters. The van der Waals surface area contributed by atoms with Crippen molar-refractivity contribution in [3.8, 4) is 0 Å². The van der Waals surface area contributed by atoms with E-state index < -0.39 is 11.4 Å². The fourth-order valence-electron chi connectivity index (χ4n) is 3.01. The van der Waals surface area contributed by atoms with E-state index in [2.05, 4.69) is 23.8 Å². The fraction of sp³-hybridized carbons (Fsp3) is 0.923. The summed E-state index contributed by atoms with van der Waals surface area (Å²) >= 11 is 0. The minimum atomic E-state index is -0.701. The standard InChI is InChI=1S/C13H24N2O3/c1-11-8-14(2)5-6-15(11)9-13(12(16)17)4-3-7-18-10-13/h11H,3-10H2,1-2H3,(H,16,17). The number of hydrogen-bond donors (Lipinski definition) is 1. The molecule has 5 heteroatoms. The Bertz CT molecular complexity index is 303. The zero-order chi connectivity index (χ0) is 13.2. The van der Waals surface area contributed by atoms with E-state index >= 15 is 0 Å². The molecule has 0 aromatic carbocycles. The molecule has 1 N–H and O–H groups in total. The van der Waals surface area contributed by atoms with Crippen LogP contribution in [0.4, 0.5) is 0 Å². The van der Waals surface area contributed by atoms with E-state index in [1.807, 2.05) is 0 Å². The van der Waals surface area contributed by atoms with E-state index in [-0.39, 0.29) is 0 Å². The smallest absolute Gasteiger partial charge is 0.313 e. The molecule has 0 amide bonds. The van der Waals surface area contributed by atoms with Crippen molar-refractivity contribution >= 4 is 5.97 Å². The minimum Gasteiger partial charge on any atom is -0.481 e. The predicted molar refractivity (Wildman–Crippen MR) is 68.7 cm³/mol. The zero-order valence-corrected chi connectivity index (χ0v) is 11.4. The van der Waals surface area contributed by atoms with Gasteiger partial charge in [0.05, 0.1) is 6.61 Å². The molecule has 2 rings (SSSR count). The maximum absolute atomic E-state index is 11.6.